The first-order valence-electron chi connectivity index (χ1n) is 35.5. The highest BCUT2D eigenvalue weighted by Gasteiger charge is 2.38. The zero-order chi connectivity index (χ0) is 80.1. The van der Waals surface area contributed by atoms with Crippen molar-refractivity contribution in [1.29, 1.82) is 0 Å². The summed E-state index contributed by atoms with van der Waals surface area (Å²) in [7, 11) is 0. The van der Waals surface area contributed by atoms with Gasteiger partial charge in [-0.3, -0.25) is 81.7 Å². The summed E-state index contributed by atoms with van der Waals surface area (Å²) < 4.78 is 0. The third-order valence-electron chi connectivity index (χ3n) is 17.0. The lowest BCUT2D eigenvalue weighted by Gasteiger charge is -2.30. The first-order chi connectivity index (χ1) is 49.8. The topological polar surface area (TPSA) is 648 Å². The summed E-state index contributed by atoms with van der Waals surface area (Å²) in [6.07, 6.45) is 0.357. The second-order valence-corrected chi connectivity index (χ2v) is 27.2. The van der Waals surface area contributed by atoms with Crippen molar-refractivity contribution in [2.75, 3.05) is 26.2 Å². The number of para-hydroxylation sites is 1. The highest BCUT2D eigenvalue weighted by atomic mass is 16.4. The van der Waals surface area contributed by atoms with Crippen molar-refractivity contribution in [3.05, 3.63) is 36.0 Å². The fraction of sp³-hybridized carbons (Fsp3) is 0.632. The number of rotatable bonds is 51. The summed E-state index contributed by atoms with van der Waals surface area (Å²) in [5.41, 5.74) is 40.0. The van der Waals surface area contributed by atoms with Gasteiger partial charge in [-0.15, -0.1) is 0 Å². The SMILES string of the molecule is CC[C@H](C)[C@H](NC(=O)[C@H](CCCCN)NC(=O)[C@H](CCCN)NC(=O)CNC(=O)[C@H](CC(N)=O)NC(=O)[C@@H](NC(=O)[C@H](CCC(=O)O)NC(=O)[C@@H](NC(=O)[C@H](Cc1c[nH]c2ccccc12)NC(=O)[C@H](CCCN=C(N)N)NC(C)=O)C(C)C)C(C)C)C(=O)N[C@@H](CC(C)C)C(=O)N[C@@H](CCC(N)=O)C(N)=O. The molecule has 12 atom stereocenters. The number of unbranched alkanes of at least 4 members (excludes halogenated alkanes) is 1. The molecule has 0 radical (unpaired) electrons. The van der Waals surface area contributed by atoms with Gasteiger partial charge >= 0.3 is 5.97 Å². The number of aromatic amines is 1. The molecule has 1 aromatic carbocycles. The van der Waals surface area contributed by atoms with Crippen molar-refractivity contribution in [2.24, 2.45) is 68.8 Å². The Balaban J connectivity index is 2.40. The van der Waals surface area contributed by atoms with Crippen LogP contribution in [0.25, 0.3) is 10.9 Å². The quantitative estimate of drug-likeness (QED) is 0.0168. The number of nitrogens with one attached hydrogen (secondary N) is 13. The van der Waals surface area contributed by atoms with E-state index in [1.54, 1.807) is 72.0 Å². The minimum Gasteiger partial charge on any atom is -0.481 e. The van der Waals surface area contributed by atoms with Crippen LogP contribution in [0.3, 0.4) is 0 Å². The number of hydrogen-bond acceptors (Lipinski definition) is 19. The minimum atomic E-state index is -1.82. The molecule has 38 nitrogen and oxygen atoms in total. The summed E-state index contributed by atoms with van der Waals surface area (Å²) in [5.74, 6) is -17.5. The smallest absolute Gasteiger partial charge is 0.303 e. The van der Waals surface area contributed by atoms with Crippen LogP contribution in [0, 0.1) is 23.7 Å². The van der Waals surface area contributed by atoms with E-state index in [0.29, 0.717) is 35.7 Å². The van der Waals surface area contributed by atoms with Gasteiger partial charge in [0.25, 0.3) is 0 Å². The second-order valence-electron chi connectivity index (χ2n) is 27.2. The molecule has 1 heterocycles. The first-order valence-corrected chi connectivity index (χ1v) is 35.5. The van der Waals surface area contributed by atoms with E-state index in [-0.39, 0.29) is 89.3 Å². The summed E-state index contributed by atoms with van der Waals surface area (Å²) >= 11 is 0. The lowest BCUT2D eigenvalue weighted by molar-refractivity contribution is -0.139. The van der Waals surface area contributed by atoms with Crippen molar-refractivity contribution in [1.82, 2.24) is 68.8 Å². The van der Waals surface area contributed by atoms with Crippen LogP contribution in [0.5, 0.6) is 0 Å². The minimum absolute atomic E-state index is 0.0114. The van der Waals surface area contributed by atoms with Crippen molar-refractivity contribution < 1.29 is 81.8 Å². The highest BCUT2D eigenvalue weighted by Crippen LogP contribution is 2.21. The maximum atomic E-state index is 14.5. The van der Waals surface area contributed by atoms with Gasteiger partial charge in [0.1, 0.15) is 66.5 Å². The number of carboxylic acids is 1. The largest absolute Gasteiger partial charge is 0.481 e. The van der Waals surface area contributed by atoms with Crippen LogP contribution in [0.1, 0.15) is 158 Å². The lowest BCUT2D eigenvalue weighted by Crippen LogP contribution is -2.61. The lowest BCUT2D eigenvalue weighted by atomic mass is 9.96. The average molecular weight is 1500 g/mol. The van der Waals surface area contributed by atoms with E-state index in [0.717, 1.165) is 0 Å². The Hall–Kier alpha value is -10.5. The Kier molecular flexibility index (Phi) is 40.6. The molecule has 0 fully saturated rings. The normalized spacial score (nSPS) is 14.6. The van der Waals surface area contributed by atoms with E-state index < -0.39 is 205 Å². The summed E-state index contributed by atoms with van der Waals surface area (Å²) in [6.45, 7) is 13.7. The number of carbonyl (C=O) groups excluding carboxylic acids is 15. The van der Waals surface area contributed by atoms with Gasteiger partial charge in [0, 0.05) is 49.8 Å². The standard InChI is InChI=1S/C68H113N21O17/c1-10-37(8)56(67(106)85-47(29-34(2)3)63(102)81-42(57(73)96)22-24-50(71)91)89-61(100)45(19-13-14-26-69)82-60(99)44(20-15-27-70)80-52(93)33-78-58(97)49(31-51(72)92)86-66(105)55(36(6)7)87-62(101)46(23-25-53(94)95)83-65(104)54(35(4)5)88-64(103)48(30-39-32-77-41-18-12-11-17-40(39)41)84-59(98)43(79-38(9)90)21-16-28-76-68(74)75/h11-12,17-18,32,34-37,42-49,54-56,77H,10,13-16,19-31,33,69-70H2,1-9H3,(H2,71,91)(H2,72,92)(H2,73,96)(H,78,97)(H,79,90)(H,80,93)(H,81,102)(H,82,99)(H,83,104)(H,84,98)(H,85,106)(H,86,105)(H,87,101)(H,88,103)(H,89,100)(H,94,95)(H4,74,75,76)/t37-,42-,43-,44-,45-,46-,47-,48-,49-,54-,55-,56-/m0/s1. The predicted octanol–water partition coefficient (Wildman–Crippen LogP) is -5.00. The van der Waals surface area contributed by atoms with E-state index in [1.807, 2.05) is 0 Å². The molecule has 0 aliphatic heterocycles. The molecular formula is C68H113N21O17. The van der Waals surface area contributed by atoms with E-state index >= 15 is 0 Å². The van der Waals surface area contributed by atoms with Crippen LogP contribution in [0.2, 0.25) is 0 Å². The van der Waals surface area contributed by atoms with Crippen LogP contribution in [0.15, 0.2) is 35.5 Å². The number of guanidine groups is 1. The fourth-order valence-electron chi connectivity index (χ4n) is 11.0. The molecule has 38 heteroatoms. The molecule has 0 bridgehead atoms. The first kappa shape index (κ1) is 91.6. The number of amides is 15. The number of carbonyl (C=O) groups is 16. The Morgan fingerprint density at radius 2 is 0.943 bits per heavy atom. The number of benzene rings is 1. The monoisotopic (exact) mass is 1500 g/mol. The molecular weight excluding hydrogens is 1380 g/mol. The van der Waals surface area contributed by atoms with Crippen LogP contribution in [-0.2, 0) is 83.1 Å². The van der Waals surface area contributed by atoms with Crippen LogP contribution in [-0.4, -0.2) is 203 Å². The Bertz CT molecular complexity index is 3380. The van der Waals surface area contributed by atoms with Gasteiger partial charge in [-0.25, -0.2) is 0 Å². The van der Waals surface area contributed by atoms with E-state index in [1.165, 1.54) is 20.8 Å². The molecule has 0 aliphatic carbocycles. The van der Waals surface area contributed by atoms with Gasteiger partial charge in [0.05, 0.1) is 13.0 Å². The number of H-pyrrole nitrogens is 1. The molecule has 28 N–H and O–H groups in total. The Morgan fingerprint density at radius 3 is 1.47 bits per heavy atom. The number of primary amides is 3. The molecule has 0 saturated carbocycles. The average Bonchev–Trinajstić information content (AvgIpc) is 1.60. The molecule has 0 unspecified atom stereocenters. The predicted molar refractivity (Wildman–Crippen MR) is 390 cm³/mol. The molecule has 0 aliphatic rings. The van der Waals surface area contributed by atoms with Gasteiger partial charge in [-0.2, -0.15) is 0 Å². The zero-order valence-corrected chi connectivity index (χ0v) is 61.9. The molecule has 592 valence electrons. The number of hydrogen-bond donors (Lipinski definition) is 21. The zero-order valence-electron chi connectivity index (χ0n) is 61.9. The molecule has 0 spiro atoms. The maximum Gasteiger partial charge on any atom is 0.303 e. The van der Waals surface area contributed by atoms with Crippen LogP contribution in [0.4, 0.5) is 0 Å². The van der Waals surface area contributed by atoms with Gasteiger partial charge < -0.3 is 114 Å². The van der Waals surface area contributed by atoms with Gasteiger partial charge in [0.2, 0.25) is 88.6 Å². The summed E-state index contributed by atoms with van der Waals surface area (Å²) in [5, 5.41) is 40.9. The van der Waals surface area contributed by atoms with E-state index in [2.05, 4.69) is 73.8 Å². The van der Waals surface area contributed by atoms with Crippen LogP contribution >= 0.6 is 0 Å². The Morgan fingerprint density at radius 1 is 0.481 bits per heavy atom. The number of nitrogens with two attached hydrogens (primary N) is 7. The Labute approximate surface area is 615 Å². The van der Waals surface area contributed by atoms with Gasteiger partial charge in [-0.05, 0) is 113 Å². The van der Waals surface area contributed by atoms with Gasteiger partial charge in [-0.1, -0.05) is 80.0 Å². The summed E-state index contributed by atoms with van der Waals surface area (Å²) in [4.78, 5) is 222. The third kappa shape index (κ3) is 33.5. The number of aromatic nitrogens is 1. The number of nitrogens with zero attached hydrogens (tertiary/aromatic N) is 1. The molecule has 106 heavy (non-hydrogen) atoms. The number of aliphatic carboxylic acids is 1. The van der Waals surface area contributed by atoms with Crippen LogP contribution < -0.4 is 104 Å². The molecule has 2 rings (SSSR count). The number of aliphatic imine (C=N–C) groups is 1. The van der Waals surface area contributed by atoms with Gasteiger partial charge in [0.15, 0.2) is 5.96 Å². The van der Waals surface area contributed by atoms with Crippen molar-refractivity contribution in [3.8, 4) is 0 Å². The fourth-order valence-corrected chi connectivity index (χ4v) is 11.0. The number of carboxylic acid groups (broad SMARTS) is 1. The molecule has 1 aromatic heterocycles. The number of fused-ring (bicyclic) bond motifs is 1. The van der Waals surface area contributed by atoms with Crippen molar-refractivity contribution in [3.63, 3.8) is 0 Å². The van der Waals surface area contributed by atoms with E-state index in [4.69, 9.17) is 40.1 Å². The van der Waals surface area contributed by atoms with E-state index in [9.17, 15) is 81.8 Å². The summed E-state index contributed by atoms with van der Waals surface area (Å²) in [6, 6.07) is -8.61. The maximum absolute atomic E-state index is 14.5. The van der Waals surface area contributed by atoms with Crippen molar-refractivity contribution in [2.45, 2.75) is 225 Å². The molecule has 0 saturated heterocycles. The molecule has 2 aromatic rings. The van der Waals surface area contributed by atoms with Crippen molar-refractivity contribution >= 4 is 111 Å². The highest BCUT2D eigenvalue weighted by molar-refractivity contribution is 6.00. The second kappa shape index (κ2) is 47.0. The molecule has 15 amide bonds. The third-order valence-corrected chi connectivity index (χ3v) is 17.0.